The lowest BCUT2D eigenvalue weighted by atomic mass is 9.53. The van der Waals surface area contributed by atoms with E-state index in [1.807, 2.05) is 36.5 Å². The number of rotatable bonds is 10. The molecule has 3 aromatic carbocycles. The number of ether oxygens (including phenoxy) is 2. The molecular weight excluding hydrogens is 643 g/mol. The van der Waals surface area contributed by atoms with E-state index in [9.17, 15) is 9.90 Å². The monoisotopic (exact) mass is 689 g/mol. The molecule has 1 aromatic heterocycles. The van der Waals surface area contributed by atoms with Crippen LogP contribution in [0.2, 0.25) is 0 Å². The SMILES string of the molecule is CC1C(CSc2ccccn2)OC(c2ccc(-c3cccc(CNC(=O)NC45CC6CC(CC(C6)C4)C5)c3)cc2)OC1c1ccc(CO)cc1. The third-order valence-corrected chi connectivity index (χ3v) is 12.5. The first-order chi connectivity index (χ1) is 24.4. The third kappa shape index (κ3) is 7.35. The van der Waals surface area contributed by atoms with Crippen LogP contribution in [0.1, 0.15) is 80.1 Å². The molecule has 0 radical (unpaired) electrons. The lowest BCUT2D eigenvalue weighted by Gasteiger charge is -2.56. The van der Waals surface area contributed by atoms with E-state index in [4.69, 9.17) is 9.47 Å². The summed E-state index contributed by atoms with van der Waals surface area (Å²) in [5, 5.41) is 17.1. The summed E-state index contributed by atoms with van der Waals surface area (Å²) in [7, 11) is 0. The fraction of sp³-hybridized carbons (Fsp3) is 0.429. The predicted molar refractivity (Wildman–Crippen MR) is 196 cm³/mol. The summed E-state index contributed by atoms with van der Waals surface area (Å²) in [6, 6.07) is 30.8. The Hall–Kier alpha value is -3.69. The van der Waals surface area contributed by atoms with Gasteiger partial charge in [0.05, 0.1) is 23.8 Å². The van der Waals surface area contributed by atoms with Crippen LogP contribution in [0.4, 0.5) is 4.79 Å². The molecule has 7 nitrogen and oxygen atoms in total. The van der Waals surface area contributed by atoms with Gasteiger partial charge in [-0.05, 0) is 102 Å². The van der Waals surface area contributed by atoms with Gasteiger partial charge < -0.3 is 25.2 Å². The Kier molecular flexibility index (Phi) is 9.71. The Morgan fingerprint density at radius 1 is 0.840 bits per heavy atom. The molecule has 8 heteroatoms. The minimum absolute atomic E-state index is 0.00867. The van der Waals surface area contributed by atoms with Crippen molar-refractivity contribution in [1.29, 1.82) is 0 Å². The largest absolute Gasteiger partial charge is 0.392 e. The van der Waals surface area contributed by atoms with E-state index in [0.717, 1.165) is 81.2 Å². The number of hydrogen-bond donors (Lipinski definition) is 3. The first-order valence-electron chi connectivity index (χ1n) is 18.2. The van der Waals surface area contributed by atoms with Gasteiger partial charge in [0.25, 0.3) is 0 Å². The summed E-state index contributed by atoms with van der Waals surface area (Å²) in [6.45, 7) is 2.69. The zero-order valence-corrected chi connectivity index (χ0v) is 29.5. The number of hydrogen-bond acceptors (Lipinski definition) is 6. The topological polar surface area (TPSA) is 92.7 Å². The van der Waals surface area contributed by atoms with Gasteiger partial charge in [-0.25, -0.2) is 9.78 Å². The average Bonchev–Trinajstić information content (AvgIpc) is 3.13. The molecule has 4 saturated carbocycles. The summed E-state index contributed by atoms with van der Waals surface area (Å²) in [4.78, 5) is 17.6. The van der Waals surface area contributed by atoms with Gasteiger partial charge in [0, 0.05) is 35.5 Å². The Balaban J connectivity index is 0.934. The number of carbonyl (C=O) groups excluding carboxylic acids is 1. The summed E-state index contributed by atoms with van der Waals surface area (Å²) >= 11 is 1.70. The van der Waals surface area contributed by atoms with Crippen molar-refractivity contribution in [3.05, 3.63) is 119 Å². The van der Waals surface area contributed by atoms with Gasteiger partial charge in [-0.3, -0.25) is 0 Å². The molecule has 9 rings (SSSR count). The second kappa shape index (κ2) is 14.5. The van der Waals surface area contributed by atoms with Gasteiger partial charge in [-0.15, -0.1) is 11.8 Å². The molecule has 4 aromatic rings. The van der Waals surface area contributed by atoms with Crippen LogP contribution in [0, 0.1) is 23.7 Å². The van der Waals surface area contributed by atoms with Crippen LogP contribution in [0.3, 0.4) is 0 Å². The zero-order valence-electron chi connectivity index (χ0n) is 28.7. The van der Waals surface area contributed by atoms with E-state index in [-0.39, 0.29) is 36.3 Å². The van der Waals surface area contributed by atoms with Crippen molar-refractivity contribution in [3.63, 3.8) is 0 Å². The number of benzene rings is 3. The summed E-state index contributed by atoms with van der Waals surface area (Å²) < 4.78 is 13.3. The second-order valence-electron chi connectivity index (χ2n) is 15.1. The molecule has 2 heterocycles. The highest BCUT2D eigenvalue weighted by atomic mass is 32.2. The van der Waals surface area contributed by atoms with E-state index < -0.39 is 6.29 Å². The van der Waals surface area contributed by atoms with Gasteiger partial charge in [-0.2, -0.15) is 0 Å². The summed E-state index contributed by atoms with van der Waals surface area (Å²) in [5.74, 6) is 3.25. The lowest BCUT2D eigenvalue weighted by molar-refractivity contribution is -0.268. The van der Waals surface area contributed by atoms with Crippen molar-refractivity contribution in [1.82, 2.24) is 15.6 Å². The van der Waals surface area contributed by atoms with Crippen LogP contribution in [-0.2, 0) is 22.6 Å². The number of aromatic nitrogens is 1. The van der Waals surface area contributed by atoms with Gasteiger partial charge in [0.15, 0.2) is 6.29 Å². The smallest absolute Gasteiger partial charge is 0.315 e. The second-order valence-corrected chi connectivity index (χ2v) is 16.2. The van der Waals surface area contributed by atoms with Crippen molar-refractivity contribution >= 4 is 17.8 Å². The van der Waals surface area contributed by atoms with Crippen LogP contribution in [0.15, 0.2) is 102 Å². The standard InChI is InChI=1S/C42H47N3O4S/c1-27-37(26-50-38-7-2-3-16-43-38)48-40(49-39(27)34-10-8-28(25-46)9-11-34)35-14-12-33(13-15-35)36-6-4-5-29(20-36)24-44-41(47)45-42-21-30-17-31(22-42)19-32(18-30)23-42/h2-16,20,27,30-32,37,39-40,46H,17-19,21-26H2,1H3,(H2,44,45,47). The van der Waals surface area contributed by atoms with Crippen LogP contribution in [0.25, 0.3) is 11.1 Å². The van der Waals surface area contributed by atoms with Crippen LogP contribution >= 0.6 is 11.8 Å². The molecule has 1 saturated heterocycles. The maximum absolute atomic E-state index is 13.1. The molecule has 5 fully saturated rings. The number of amides is 2. The number of carbonyl (C=O) groups is 1. The molecule has 2 amide bonds. The number of aliphatic hydroxyl groups excluding tert-OH is 1. The lowest BCUT2D eigenvalue weighted by Crippen LogP contribution is -2.61. The van der Waals surface area contributed by atoms with E-state index >= 15 is 0 Å². The number of aliphatic hydroxyl groups is 1. The maximum Gasteiger partial charge on any atom is 0.315 e. The van der Waals surface area contributed by atoms with E-state index in [2.05, 4.69) is 83.2 Å². The fourth-order valence-corrected chi connectivity index (χ4v) is 10.4. The number of thioether (sulfide) groups is 1. The van der Waals surface area contributed by atoms with Crippen molar-refractivity contribution in [3.8, 4) is 11.1 Å². The van der Waals surface area contributed by atoms with Gasteiger partial charge in [0.2, 0.25) is 0 Å². The molecule has 1 aliphatic heterocycles. The highest BCUT2D eigenvalue weighted by molar-refractivity contribution is 7.99. The fourth-order valence-electron chi connectivity index (χ4n) is 9.33. The average molecular weight is 690 g/mol. The van der Waals surface area contributed by atoms with Crippen molar-refractivity contribution in [2.24, 2.45) is 23.7 Å². The van der Waals surface area contributed by atoms with Crippen LogP contribution in [0.5, 0.6) is 0 Å². The highest BCUT2D eigenvalue weighted by Crippen LogP contribution is 2.55. The molecule has 5 aliphatic rings. The first kappa shape index (κ1) is 33.5. The van der Waals surface area contributed by atoms with Crippen LogP contribution in [-0.4, -0.2) is 33.5 Å². The number of urea groups is 1. The Labute approximate surface area is 299 Å². The van der Waals surface area contributed by atoms with E-state index in [0.29, 0.717) is 6.54 Å². The van der Waals surface area contributed by atoms with Crippen LogP contribution < -0.4 is 10.6 Å². The zero-order chi connectivity index (χ0) is 34.1. The summed E-state index contributed by atoms with van der Waals surface area (Å²) in [5.41, 5.74) is 6.19. The maximum atomic E-state index is 13.1. The number of nitrogens with one attached hydrogen (secondary N) is 2. The third-order valence-electron chi connectivity index (χ3n) is 11.5. The van der Waals surface area contributed by atoms with Crippen molar-refractivity contribution in [2.45, 2.75) is 87.7 Å². The first-order valence-corrected chi connectivity index (χ1v) is 19.2. The number of nitrogens with zero attached hydrogens (tertiary/aromatic N) is 1. The highest BCUT2D eigenvalue weighted by Gasteiger charge is 2.51. The van der Waals surface area contributed by atoms with E-state index in [1.54, 1.807) is 11.8 Å². The molecule has 3 N–H and O–H groups in total. The Bertz CT molecular complexity index is 1730. The van der Waals surface area contributed by atoms with Gasteiger partial charge in [-0.1, -0.05) is 79.7 Å². The molecule has 50 heavy (non-hydrogen) atoms. The molecule has 4 aliphatic carbocycles. The Morgan fingerprint density at radius 3 is 2.24 bits per heavy atom. The quantitative estimate of drug-likeness (QED) is 0.145. The van der Waals surface area contributed by atoms with Crippen molar-refractivity contribution < 1.29 is 19.4 Å². The molecule has 4 atom stereocenters. The minimum atomic E-state index is -0.528. The molecular formula is C42H47N3O4S. The van der Waals surface area contributed by atoms with Crippen molar-refractivity contribution in [2.75, 3.05) is 5.75 Å². The predicted octanol–water partition coefficient (Wildman–Crippen LogP) is 8.59. The summed E-state index contributed by atoms with van der Waals surface area (Å²) in [6.07, 6.45) is 8.60. The molecule has 0 spiro atoms. The van der Waals surface area contributed by atoms with Gasteiger partial charge in [0.1, 0.15) is 0 Å². The number of pyridine rings is 1. The Morgan fingerprint density at radius 2 is 1.56 bits per heavy atom. The molecule has 4 bridgehead atoms. The molecule has 260 valence electrons. The van der Waals surface area contributed by atoms with Gasteiger partial charge >= 0.3 is 6.03 Å². The van der Waals surface area contributed by atoms with E-state index in [1.165, 1.54) is 19.3 Å². The minimum Gasteiger partial charge on any atom is -0.392 e. The molecule has 4 unspecified atom stereocenters. The normalized spacial score (nSPS) is 29.8.